The molecule has 1 aromatic heterocycles. The van der Waals surface area contributed by atoms with Gasteiger partial charge in [-0.1, -0.05) is 54.6 Å². The summed E-state index contributed by atoms with van der Waals surface area (Å²) in [7, 11) is 1.55. The van der Waals surface area contributed by atoms with E-state index in [9.17, 15) is 9.59 Å². The highest BCUT2D eigenvalue weighted by Gasteiger charge is 2.16. The van der Waals surface area contributed by atoms with Crippen LogP contribution < -0.4 is 21.1 Å². The van der Waals surface area contributed by atoms with Crippen LogP contribution in [0.25, 0.3) is 0 Å². The lowest BCUT2D eigenvalue weighted by atomic mass is 10.1. The monoisotopic (exact) mass is 484 g/mol. The van der Waals surface area contributed by atoms with Gasteiger partial charge in [0.25, 0.3) is 0 Å². The van der Waals surface area contributed by atoms with Crippen LogP contribution in [0.2, 0.25) is 0 Å². The molecule has 182 valence electrons. The average Bonchev–Trinajstić information content (AvgIpc) is 2.88. The second-order valence-electron chi connectivity index (χ2n) is 7.59. The number of aromatic nitrogens is 3. The first-order valence-electron chi connectivity index (χ1n) is 11.0. The highest BCUT2D eigenvalue weighted by Crippen LogP contribution is 2.25. The number of carbonyl (C=O) groups is 2. The van der Waals surface area contributed by atoms with Crippen molar-refractivity contribution in [1.29, 1.82) is 0 Å². The van der Waals surface area contributed by atoms with Gasteiger partial charge in [0.2, 0.25) is 17.8 Å². The van der Waals surface area contributed by atoms with Crippen molar-refractivity contribution in [3.8, 4) is 5.75 Å². The number of hydrogen-bond donors (Lipinski definition) is 3. The van der Waals surface area contributed by atoms with Crippen molar-refractivity contribution in [3.63, 3.8) is 0 Å². The number of nitrogens with zero attached hydrogens (tertiary/aromatic N) is 3. The fourth-order valence-corrected chi connectivity index (χ4v) is 3.38. The van der Waals surface area contributed by atoms with Crippen molar-refractivity contribution in [2.24, 2.45) is 0 Å². The van der Waals surface area contributed by atoms with Crippen molar-refractivity contribution in [3.05, 3.63) is 95.8 Å². The molecule has 0 fully saturated rings. The average molecular weight is 485 g/mol. The van der Waals surface area contributed by atoms with Crippen LogP contribution in [0.4, 0.5) is 23.3 Å². The first kappa shape index (κ1) is 24.1. The van der Waals surface area contributed by atoms with E-state index in [1.165, 1.54) is 0 Å². The number of rotatable bonds is 9. The Morgan fingerprint density at radius 2 is 1.56 bits per heavy atom. The normalized spacial score (nSPS) is 10.4. The molecule has 0 aliphatic rings. The minimum atomic E-state index is -0.649. The number of nitrogens with two attached hydrogens (primary N) is 1. The Hall–Kier alpha value is -4.99. The van der Waals surface area contributed by atoms with E-state index in [0.717, 1.165) is 5.56 Å². The topological polar surface area (TPSA) is 141 Å². The van der Waals surface area contributed by atoms with E-state index in [-0.39, 0.29) is 42.2 Å². The van der Waals surface area contributed by atoms with Gasteiger partial charge in [0.1, 0.15) is 5.75 Å². The van der Waals surface area contributed by atoms with E-state index in [0.29, 0.717) is 17.1 Å². The summed E-state index contributed by atoms with van der Waals surface area (Å²) in [6, 6.07) is 23.2. The largest absolute Gasteiger partial charge is 0.495 e. The van der Waals surface area contributed by atoms with Gasteiger partial charge in [-0.15, -0.1) is 0 Å². The maximum atomic E-state index is 12.8. The third kappa shape index (κ3) is 6.32. The number of nitrogen functional groups attached to an aromatic ring is 1. The van der Waals surface area contributed by atoms with Crippen LogP contribution in [0.3, 0.4) is 0 Å². The minimum Gasteiger partial charge on any atom is -0.495 e. The fourth-order valence-electron chi connectivity index (χ4n) is 3.38. The smallest absolute Gasteiger partial charge is 0.340 e. The molecule has 0 bridgehead atoms. The van der Waals surface area contributed by atoms with Crippen molar-refractivity contribution in [2.75, 3.05) is 23.5 Å². The second-order valence-corrected chi connectivity index (χ2v) is 7.59. The summed E-state index contributed by atoms with van der Waals surface area (Å²) < 4.78 is 10.7. The van der Waals surface area contributed by atoms with Gasteiger partial charge < -0.3 is 25.8 Å². The molecule has 0 radical (unpaired) electrons. The molecule has 0 atom stereocenters. The van der Waals surface area contributed by atoms with Crippen LogP contribution >= 0.6 is 0 Å². The van der Waals surface area contributed by atoms with E-state index in [1.807, 2.05) is 42.5 Å². The quantitative estimate of drug-likeness (QED) is 0.303. The molecule has 0 aliphatic carbocycles. The molecular formula is C26H24N6O4. The zero-order chi connectivity index (χ0) is 25.3. The molecule has 4 aromatic rings. The minimum absolute atomic E-state index is 0.0398. The third-order valence-corrected chi connectivity index (χ3v) is 5.01. The predicted octanol–water partition coefficient (Wildman–Crippen LogP) is 3.74. The number of carbonyl (C=O) groups excluding carboxylic acids is 2. The summed E-state index contributed by atoms with van der Waals surface area (Å²) >= 11 is 0. The SMILES string of the molecule is COc1ccccc1Nc1nc(N)nc(COC(=O)c2ccccc2NC(=O)Cc2ccccc2)n1. The number of ether oxygens (including phenoxy) is 2. The lowest BCUT2D eigenvalue weighted by molar-refractivity contribution is -0.115. The van der Waals surface area contributed by atoms with Gasteiger partial charge in [0, 0.05) is 0 Å². The first-order chi connectivity index (χ1) is 17.5. The van der Waals surface area contributed by atoms with Gasteiger partial charge in [-0.25, -0.2) is 4.79 Å². The second kappa shape index (κ2) is 11.4. The van der Waals surface area contributed by atoms with Gasteiger partial charge in [0.05, 0.1) is 30.5 Å². The maximum absolute atomic E-state index is 12.8. The van der Waals surface area contributed by atoms with Crippen molar-refractivity contribution in [1.82, 2.24) is 15.0 Å². The van der Waals surface area contributed by atoms with E-state index in [4.69, 9.17) is 15.2 Å². The number of esters is 1. The molecule has 1 amide bonds. The number of anilines is 4. The highest BCUT2D eigenvalue weighted by molar-refractivity contribution is 6.01. The van der Waals surface area contributed by atoms with Gasteiger partial charge >= 0.3 is 5.97 Å². The Bertz CT molecular complexity index is 1360. The maximum Gasteiger partial charge on any atom is 0.340 e. The van der Waals surface area contributed by atoms with E-state index >= 15 is 0 Å². The van der Waals surface area contributed by atoms with Gasteiger partial charge in [-0.3, -0.25) is 4.79 Å². The number of para-hydroxylation sites is 3. The van der Waals surface area contributed by atoms with E-state index in [2.05, 4.69) is 25.6 Å². The Balaban J connectivity index is 1.42. The predicted molar refractivity (Wildman–Crippen MR) is 135 cm³/mol. The number of hydrogen-bond acceptors (Lipinski definition) is 9. The van der Waals surface area contributed by atoms with Crippen LogP contribution in [0.5, 0.6) is 5.75 Å². The molecule has 0 saturated heterocycles. The number of benzene rings is 3. The van der Waals surface area contributed by atoms with Crippen LogP contribution in [-0.2, 0) is 22.6 Å². The molecule has 1 heterocycles. The Morgan fingerprint density at radius 1 is 0.861 bits per heavy atom. The zero-order valence-corrected chi connectivity index (χ0v) is 19.5. The first-order valence-corrected chi connectivity index (χ1v) is 11.0. The molecule has 4 N–H and O–H groups in total. The Kier molecular flexibility index (Phi) is 7.66. The third-order valence-electron chi connectivity index (χ3n) is 5.01. The zero-order valence-electron chi connectivity index (χ0n) is 19.5. The number of nitrogens with one attached hydrogen (secondary N) is 2. The van der Waals surface area contributed by atoms with Crippen LogP contribution in [-0.4, -0.2) is 33.9 Å². The lowest BCUT2D eigenvalue weighted by Crippen LogP contribution is -2.18. The highest BCUT2D eigenvalue weighted by atomic mass is 16.5. The lowest BCUT2D eigenvalue weighted by Gasteiger charge is -2.12. The molecular weight excluding hydrogens is 460 g/mol. The molecule has 0 unspecified atom stereocenters. The standard InChI is InChI=1S/C26H24N6O4/c1-35-21-14-8-7-13-20(21)29-26-31-22(30-25(27)32-26)16-36-24(34)18-11-5-6-12-19(18)28-23(33)15-17-9-3-2-4-10-17/h2-14H,15-16H2,1H3,(H,28,33)(H3,27,29,30,31,32). The van der Waals surface area contributed by atoms with Crippen molar-refractivity contribution < 1.29 is 19.1 Å². The van der Waals surface area contributed by atoms with E-state index < -0.39 is 5.97 Å². The van der Waals surface area contributed by atoms with Crippen molar-refractivity contribution >= 4 is 35.1 Å². The molecule has 3 aromatic carbocycles. The van der Waals surface area contributed by atoms with Gasteiger partial charge in [-0.2, -0.15) is 15.0 Å². The molecule has 0 saturated carbocycles. The fraction of sp³-hybridized carbons (Fsp3) is 0.115. The molecule has 10 nitrogen and oxygen atoms in total. The summed E-state index contributed by atoms with van der Waals surface area (Å²) in [4.78, 5) is 37.7. The summed E-state index contributed by atoms with van der Waals surface area (Å²) in [5, 5.41) is 5.79. The Labute approximate surface area is 207 Å². The number of amides is 1. The molecule has 0 spiro atoms. The van der Waals surface area contributed by atoms with Gasteiger partial charge in [0.15, 0.2) is 12.4 Å². The van der Waals surface area contributed by atoms with Crippen LogP contribution in [0.1, 0.15) is 21.7 Å². The molecule has 36 heavy (non-hydrogen) atoms. The van der Waals surface area contributed by atoms with Crippen LogP contribution in [0.15, 0.2) is 78.9 Å². The summed E-state index contributed by atoms with van der Waals surface area (Å²) in [6.45, 7) is -0.252. The molecule has 10 heteroatoms. The number of methoxy groups -OCH3 is 1. The molecule has 0 aliphatic heterocycles. The summed E-state index contributed by atoms with van der Waals surface area (Å²) in [5.41, 5.74) is 7.86. The summed E-state index contributed by atoms with van der Waals surface area (Å²) in [5.74, 6) is -0.0227. The van der Waals surface area contributed by atoms with E-state index in [1.54, 1.807) is 43.5 Å². The van der Waals surface area contributed by atoms with Crippen molar-refractivity contribution in [2.45, 2.75) is 13.0 Å². The van der Waals surface area contributed by atoms with Crippen LogP contribution in [0, 0.1) is 0 Å². The Morgan fingerprint density at radius 3 is 2.33 bits per heavy atom. The van der Waals surface area contributed by atoms with Gasteiger partial charge in [-0.05, 0) is 29.8 Å². The molecule has 4 rings (SSSR count). The summed E-state index contributed by atoms with van der Waals surface area (Å²) in [6.07, 6.45) is 0.177.